The van der Waals surface area contributed by atoms with Crippen molar-refractivity contribution < 1.29 is 22.1 Å². The molecule has 83 valence electrons. The Morgan fingerprint density at radius 2 is 2.06 bits per heavy atom. The molecule has 0 aliphatic carbocycles. The molecule has 2 aromatic rings. The normalized spacial score (nSPS) is 11.8. The van der Waals surface area contributed by atoms with Crippen molar-refractivity contribution in [1.82, 2.24) is 10.1 Å². The fraction of sp³-hybridized carbons (Fsp3) is 0.111. The van der Waals surface area contributed by atoms with Gasteiger partial charge < -0.3 is 4.52 Å². The standard InChI is InChI=1S/C9H3F4N2O/c10-6-3-1-2-5(4-6)7-14-8(16-15-7)9(11,12)13/h1-2,4H. The minimum atomic E-state index is -4.70. The van der Waals surface area contributed by atoms with Gasteiger partial charge in [-0.3, -0.25) is 0 Å². The van der Waals surface area contributed by atoms with E-state index in [0.717, 1.165) is 6.07 Å². The molecule has 1 radical (unpaired) electrons. The Kier molecular flexibility index (Phi) is 2.37. The quantitative estimate of drug-likeness (QED) is 0.708. The van der Waals surface area contributed by atoms with E-state index in [0.29, 0.717) is 0 Å². The van der Waals surface area contributed by atoms with Gasteiger partial charge in [-0.25, -0.2) is 4.39 Å². The largest absolute Gasteiger partial charge is 0.471 e. The van der Waals surface area contributed by atoms with E-state index in [1.165, 1.54) is 12.1 Å². The first kappa shape index (κ1) is 10.6. The van der Waals surface area contributed by atoms with Gasteiger partial charge in [-0.1, -0.05) is 17.3 Å². The highest BCUT2D eigenvalue weighted by Gasteiger charge is 2.38. The number of aromatic nitrogens is 2. The molecule has 0 N–H and O–H groups in total. The summed E-state index contributed by atoms with van der Waals surface area (Å²) in [5, 5.41) is 3.11. The molecular weight excluding hydrogens is 228 g/mol. The zero-order valence-corrected chi connectivity index (χ0v) is 7.55. The first-order valence-corrected chi connectivity index (χ1v) is 4.05. The lowest BCUT2D eigenvalue weighted by Gasteiger charge is -1.96. The van der Waals surface area contributed by atoms with Crippen molar-refractivity contribution in [3.63, 3.8) is 0 Å². The van der Waals surface area contributed by atoms with Gasteiger partial charge >= 0.3 is 12.1 Å². The third-order valence-corrected chi connectivity index (χ3v) is 1.69. The van der Waals surface area contributed by atoms with E-state index in [4.69, 9.17) is 0 Å². The molecule has 0 atom stereocenters. The molecule has 0 fully saturated rings. The molecule has 1 aromatic carbocycles. The van der Waals surface area contributed by atoms with Crippen molar-refractivity contribution in [3.05, 3.63) is 36.0 Å². The molecule has 0 aliphatic heterocycles. The third-order valence-electron chi connectivity index (χ3n) is 1.69. The Balaban J connectivity index is 2.39. The fourth-order valence-electron chi connectivity index (χ4n) is 1.03. The number of hydrogen-bond acceptors (Lipinski definition) is 3. The average Bonchev–Trinajstić information content (AvgIpc) is 2.65. The van der Waals surface area contributed by atoms with Crippen molar-refractivity contribution in [2.24, 2.45) is 0 Å². The molecule has 0 bridgehead atoms. The lowest BCUT2D eigenvalue weighted by atomic mass is 10.2. The van der Waals surface area contributed by atoms with E-state index in [9.17, 15) is 17.6 Å². The van der Waals surface area contributed by atoms with Gasteiger partial charge in [-0.2, -0.15) is 18.2 Å². The van der Waals surface area contributed by atoms with E-state index in [1.807, 2.05) is 0 Å². The van der Waals surface area contributed by atoms with E-state index >= 15 is 0 Å². The van der Waals surface area contributed by atoms with Crippen LogP contribution in [0.4, 0.5) is 17.6 Å². The third kappa shape index (κ3) is 2.02. The highest BCUT2D eigenvalue weighted by atomic mass is 19.4. The van der Waals surface area contributed by atoms with Crippen LogP contribution in [0.2, 0.25) is 0 Å². The second kappa shape index (κ2) is 3.58. The number of nitrogens with zero attached hydrogens (tertiary/aromatic N) is 2. The highest BCUT2D eigenvalue weighted by molar-refractivity contribution is 5.53. The molecule has 0 amide bonds. The molecule has 3 nitrogen and oxygen atoms in total. The van der Waals surface area contributed by atoms with Crippen LogP contribution in [0, 0.1) is 11.9 Å². The summed E-state index contributed by atoms with van der Waals surface area (Å²) in [6.07, 6.45) is -4.70. The summed E-state index contributed by atoms with van der Waals surface area (Å²) in [5.74, 6) is -2.49. The molecule has 0 unspecified atom stereocenters. The number of alkyl halides is 3. The summed E-state index contributed by atoms with van der Waals surface area (Å²) in [6, 6.07) is 5.71. The molecule has 16 heavy (non-hydrogen) atoms. The Morgan fingerprint density at radius 3 is 2.62 bits per heavy atom. The molecule has 1 aromatic heterocycles. The summed E-state index contributed by atoms with van der Waals surface area (Å²) >= 11 is 0. The van der Waals surface area contributed by atoms with Crippen molar-refractivity contribution in [2.75, 3.05) is 0 Å². The summed E-state index contributed by atoms with van der Waals surface area (Å²) in [5.41, 5.74) is 0.0931. The van der Waals surface area contributed by atoms with Crippen molar-refractivity contribution in [3.8, 4) is 11.4 Å². The summed E-state index contributed by atoms with van der Waals surface area (Å²) < 4.78 is 53.1. The van der Waals surface area contributed by atoms with Gasteiger partial charge in [-0.15, -0.1) is 0 Å². The smallest absolute Gasteiger partial charge is 0.329 e. The number of halogens is 4. The number of hydrogen-bond donors (Lipinski definition) is 0. The summed E-state index contributed by atoms with van der Waals surface area (Å²) in [7, 11) is 0. The SMILES string of the molecule is Fc1[c]ccc(-c2noc(C(F)(F)F)n2)c1. The monoisotopic (exact) mass is 231 g/mol. The molecule has 7 heteroatoms. The first-order valence-electron chi connectivity index (χ1n) is 4.05. The Bertz CT molecular complexity index is 506. The van der Waals surface area contributed by atoms with Crippen LogP contribution in [-0.4, -0.2) is 10.1 Å². The molecular formula is C9H3F4N2O. The molecule has 2 rings (SSSR count). The average molecular weight is 231 g/mol. The summed E-state index contributed by atoms with van der Waals surface area (Å²) in [6.45, 7) is 0. The molecule has 0 saturated heterocycles. The van der Waals surface area contributed by atoms with Gasteiger partial charge in [0.1, 0.15) is 5.82 Å². The van der Waals surface area contributed by atoms with Crippen LogP contribution in [0.3, 0.4) is 0 Å². The van der Waals surface area contributed by atoms with E-state index in [1.54, 1.807) is 0 Å². The first-order chi connectivity index (χ1) is 7.47. The molecule has 0 saturated carbocycles. The second-order valence-electron chi connectivity index (χ2n) is 2.85. The fourth-order valence-corrected chi connectivity index (χ4v) is 1.03. The van der Waals surface area contributed by atoms with Crippen LogP contribution < -0.4 is 0 Å². The minimum absolute atomic E-state index is 0.0931. The van der Waals surface area contributed by atoms with Gasteiger partial charge in [-0.05, 0) is 6.07 Å². The van der Waals surface area contributed by atoms with E-state index in [-0.39, 0.29) is 11.4 Å². The van der Waals surface area contributed by atoms with Crippen LogP contribution >= 0.6 is 0 Å². The van der Waals surface area contributed by atoms with E-state index < -0.39 is 17.9 Å². The second-order valence-corrected chi connectivity index (χ2v) is 2.85. The van der Waals surface area contributed by atoms with Gasteiger partial charge in [0.25, 0.3) is 0 Å². The predicted octanol–water partition coefficient (Wildman–Crippen LogP) is 2.69. The van der Waals surface area contributed by atoms with Gasteiger partial charge in [0.15, 0.2) is 0 Å². The van der Waals surface area contributed by atoms with Crippen LogP contribution in [-0.2, 0) is 6.18 Å². The van der Waals surface area contributed by atoms with Crippen LogP contribution in [0.15, 0.2) is 22.7 Å². The van der Waals surface area contributed by atoms with Crippen LogP contribution in [0.25, 0.3) is 11.4 Å². The van der Waals surface area contributed by atoms with Gasteiger partial charge in [0, 0.05) is 11.6 Å². The molecule has 0 aliphatic rings. The van der Waals surface area contributed by atoms with Gasteiger partial charge in [0.2, 0.25) is 5.82 Å². The lowest BCUT2D eigenvalue weighted by molar-refractivity contribution is -0.159. The Hall–Kier alpha value is -1.92. The predicted molar refractivity (Wildman–Crippen MR) is 43.5 cm³/mol. The zero-order chi connectivity index (χ0) is 11.8. The maximum Gasteiger partial charge on any atom is 0.471 e. The maximum atomic E-state index is 12.7. The van der Waals surface area contributed by atoms with Gasteiger partial charge in [0.05, 0.1) is 0 Å². The summed E-state index contributed by atoms with van der Waals surface area (Å²) in [4.78, 5) is 3.11. The lowest BCUT2D eigenvalue weighted by Crippen LogP contribution is -2.04. The molecule has 0 spiro atoms. The van der Waals surface area contributed by atoms with Crippen molar-refractivity contribution in [2.45, 2.75) is 6.18 Å². The maximum absolute atomic E-state index is 12.7. The van der Waals surface area contributed by atoms with Crippen molar-refractivity contribution in [1.29, 1.82) is 0 Å². The number of benzene rings is 1. The highest BCUT2D eigenvalue weighted by Crippen LogP contribution is 2.29. The van der Waals surface area contributed by atoms with E-state index in [2.05, 4.69) is 20.7 Å². The minimum Gasteiger partial charge on any atom is -0.329 e. The van der Waals surface area contributed by atoms with Crippen LogP contribution in [0.5, 0.6) is 0 Å². The van der Waals surface area contributed by atoms with Crippen LogP contribution in [0.1, 0.15) is 5.89 Å². The van der Waals surface area contributed by atoms with Crippen molar-refractivity contribution >= 4 is 0 Å². The number of rotatable bonds is 1. The Morgan fingerprint density at radius 1 is 1.31 bits per heavy atom. The molecule has 1 heterocycles. The zero-order valence-electron chi connectivity index (χ0n) is 7.55. The topological polar surface area (TPSA) is 38.9 Å². The Labute approximate surface area is 86.7 Å².